The fraction of sp³-hybridized carbons (Fsp3) is 0.600. The Bertz CT molecular complexity index is 604. The van der Waals surface area contributed by atoms with Crippen LogP contribution in [0.2, 0.25) is 5.02 Å². The monoisotopic (exact) mass is 349 g/mol. The minimum absolute atomic E-state index is 0.0777. The third-order valence-corrected chi connectivity index (χ3v) is 6.82. The lowest BCUT2D eigenvalue weighted by molar-refractivity contribution is 0.239. The molecule has 0 aliphatic heterocycles. The number of alkyl halides is 1. The van der Waals surface area contributed by atoms with E-state index in [2.05, 4.69) is 6.92 Å². The molecule has 2 unspecified atom stereocenters. The number of benzene rings is 1. The summed E-state index contributed by atoms with van der Waals surface area (Å²) in [5, 5.41) is 0.498. The molecule has 3 nitrogen and oxygen atoms in total. The molecular formula is C15H21Cl2NO2S. The van der Waals surface area contributed by atoms with E-state index >= 15 is 0 Å². The molecular weight excluding hydrogens is 329 g/mol. The summed E-state index contributed by atoms with van der Waals surface area (Å²) in [5.74, 6) is 0.775. The van der Waals surface area contributed by atoms with Crippen molar-refractivity contribution < 1.29 is 8.42 Å². The smallest absolute Gasteiger partial charge is 0.207 e. The fourth-order valence-electron chi connectivity index (χ4n) is 2.91. The van der Waals surface area contributed by atoms with E-state index in [0.717, 1.165) is 19.3 Å². The molecule has 1 aromatic rings. The van der Waals surface area contributed by atoms with Crippen molar-refractivity contribution in [1.29, 1.82) is 0 Å². The van der Waals surface area contributed by atoms with Gasteiger partial charge in [0.2, 0.25) is 10.0 Å². The van der Waals surface area contributed by atoms with Crippen LogP contribution >= 0.6 is 23.2 Å². The van der Waals surface area contributed by atoms with E-state index in [1.54, 1.807) is 25.2 Å². The van der Waals surface area contributed by atoms with E-state index in [1.165, 1.54) is 10.7 Å². The van der Waals surface area contributed by atoms with Crippen LogP contribution in [0.1, 0.15) is 38.2 Å². The van der Waals surface area contributed by atoms with Crippen molar-refractivity contribution in [3.05, 3.63) is 28.8 Å². The highest BCUT2D eigenvalue weighted by Crippen LogP contribution is 2.31. The summed E-state index contributed by atoms with van der Waals surface area (Å²) >= 11 is 11.8. The lowest BCUT2D eigenvalue weighted by Gasteiger charge is -2.33. The van der Waals surface area contributed by atoms with Gasteiger partial charge in [-0.15, -0.1) is 11.6 Å². The Hall–Kier alpha value is -0.290. The average Bonchev–Trinajstić information content (AvgIpc) is 2.46. The minimum atomic E-state index is -3.50. The molecule has 1 aromatic carbocycles. The van der Waals surface area contributed by atoms with Gasteiger partial charge >= 0.3 is 0 Å². The number of hydrogen-bond donors (Lipinski definition) is 0. The molecule has 2 atom stereocenters. The third kappa shape index (κ3) is 3.73. The predicted octanol–water partition coefficient (Wildman–Crippen LogP) is 4.28. The minimum Gasteiger partial charge on any atom is -0.207 e. The Kier molecular flexibility index (Phi) is 5.58. The second-order valence-corrected chi connectivity index (χ2v) is 8.51. The van der Waals surface area contributed by atoms with Crippen molar-refractivity contribution in [2.45, 2.75) is 49.4 Å². The number of nitrogens with zero attached hydrogens (tertiary/aromatic N) is 1. The molecule has 0 bridgehead atoms. The van der Waals surface area contributed by atoms with Gasteiger partial charge in [-0.25, -0.2) is 8.42 Å². The summed E-state index contributed by atoms with van der Waals surface area (Å²) in [4.78, 5) is 0.267. The Labute approximate surface area is 137 Å². The Balaban J connectivity index is 2.28. The van der Waals surface area contributed by atoms with Gasteiger partial charge in [0, 0.05) is 24.0 Å². The largest absolute Gasteiger partial charge is 0.243 e. The zero-order valence-corrected chi connectivity index (χ0v) is 14.7. The maximum absolute atomic E-state index is 12.8. The topological polar surface area (TPSA) is 37.4 Å². The summed E-state index contributed by atoms with van der Waals surface area (Å²) < 4.78 is 27.0. The van der Waals surface area contributed by atoms with Gasteiger partial charge in [-0.3, -0.25) is 0 Å². The second kappa shape index (κ2) is 6.86. The van der Waals surface area contributed by atoms with Crippen molar-refractivity contribution in [1.82, 2.24) is 4.31 Å². The first-order valence-electron chi connectivity index (χ1n) is 7.18. The van der Waals surface area contributed by atoms with Crippen molar-refractivity contribution >= 4 is 33.2 Å². The van der Waals surface area contributed by atoms with Gasteiger partial charge in [-0.05, 0) is 42.5 Å². The van der Waals surface area contributed by atoms with Crippen LogP contribution in [0.3, 0.4) is 0 Å². The highest BCUT2D eigenvalue weighted by atomic mass is 35.5. The van der Waals surface area contributed by atoms with Crippen LogP contribution in [0.4, 0.5) is 0 Å². The normalized spacial score (nSPS) is 23.5. The molecule has 0 N–H and O–H groups in total. The van der Waals surface area contributed by atoms with Crippen LogP contribution in [0.15, 0.2) is 23.1 Å². The van der Waals surface area contributed by atoms with Gasteiger partial charge in [0.15, 0.2) is 0 Å². The lowest BCUT2D eigenvalue weighted by atomic mass is 9.87. The third-order valence-electron chi connectivity index (χ3n) is 4.26. The van der Waals surface area contributed by atoms with Gasteiger partial charge in [-0.1, -0.05) is 31.4 Å². The number of halogens is 2. The van der Waals surface area contributed by atoms with Crippen molar-refractivity contribution in [3.63, 3.8) is 0 Å². The molecule has 1 aliphatic rings. The van der Waals surface area contributed by atoms with E-state index in [9.17, 15) is 8.42 Å². The quantitative estimate of drug-likeness (QED) is 0.760. The molecule has 2 rings (SSSR count). The molecule has 118 valence electrons. The summed E-state index contributed by atoms with van der Waals surface area (Å²) in [5.41, 5.74) is 0.643. The molecule has 21 heavy (non-hydrogen) atoms. The molecule has 0 amide bonds. The van der Waals surface area contributed by atoms with E-state index in [4.69, 9.17) is 23.2 Å². The zero-order valence-electron chi connectivity index (χ0n) is 12.4. The van der Waals surface area contributed by atoms with E-state index in [-0.39, 0.29) is 16.8 Å². The van der Waals surface area contributed by atoms with Crippen LogP contribution in [-0.2, 0) is 15.9 Å². The maximum Gasteiger partial charge on any atom is 0.243 e. The van der Waals surface area contributed by atoms with Crippen LogP contribution in [0.25, 0.3) is 0 Å². The van der Waals surface area contributed by atoms with E-state index < -0.39 is 10.0 Å². The first kappa shape index (κ1) is 17.1. The summed E-state index contributed by atoms with van der Waals surface area (Å²) in [6, 6.07) is 4.81. The molecule has 0 heterocycles. The van der Waals surface area contributed by atoms with Crippen molar-refractivity contribution in [3.8, 4) is 0 Å². The van der Waals surface area contributed by atoms with Gasteiger partial charge in [0.05, 0.1) is 4.90 Å². The highest BCUT2D eigenvalue weighted by molar-refractivity contribution is 7.89. The Morgan fingerprint density at radius 1 is 1.33 bits per heavy atom. The zero-order chi connectivity index (χ0) is 15.6. The molecule has 1 saturated carbocycles. The van der Waals surface area contributed by atoms with Gasteiger partial charge in [-0.2, -0.15) is 4.31 Å². The van der Waals surface area contributed by atoms with Crippen molar-refractivity contribution in [2.75, 3.05) is 7.05 Å². The first-order valence-corrected chi connectivity index (χ1v) is 9.54. The predicted molar refractivity (Wildman–Crippen MR) is 87.4 cm³/mol. The lowest BCUT2D eigenvalue weighted by Crippen LogP contribution is -2.39. The summed E-state index contributed by atoms with van der Waals surface area (Å²) in [6.45, 7) is 2.18. The maximum atomic E-state index is 12.8. The number of sulfonamides is 1. The average molecular weight is 350 g/mol. The van der Waals surface area contributed by atoms with Gasteiger partial charge in [0.1, 0.15) is 0 Å². The summed E-state index contributed by atoms with van der Waals surface area (Å²) in [7, 11) is -1.82. The second-order valence-electron chi connectivity index (χ2n) is 5.83. The molecule has 0 spiro atoms. The molecule has 0 radical (unpaired) electrons. The molecule has 0 saturated heterocycles. The molecule has 1 fully saturated rings. The van der Waals surface area contributed by atoms with Crippen LogP contribution < -0.4 is 0 Å². The molecule has 1 aliphatic carbocycles. The van der Waals surface area contributed by atoms with Gasteiger partial charge in [0.25, 0.3) is 0 Å². The van der Waals surface area contributed by atoms with Crippen molar-refractivity contribution in [2.24, 2.45) is 5.92 Å². The van der Waals surface area contributed by atoms with E-state index in [1.807, 2.05) is 0 Å². The van der Waals surface area contributed by atoms with E-state index in [0.29, 0.717) is 16.5 Å². The highest BCUT2D eigenvalue weighted by Gasteiger charge is 2.31. The summed E-state index contributed by atoms with van der Waals surface area (Å²) in [6.07, 6.45) is 4.11. The SMILES string of the molecule is CC1CCCC(N(C)S(=O)(=O)c2ccc(Cl)c(CCl)c2)C1. The Morgan fingerprint density at radius 3 is 2.67 bits per heavy atom. The van der Waals surface area contributed by atoms with Crippen LogP contribution in [0, 0.1) is 5.92 Å². The van der Waals surface area contributed by atoms with Crippen LogP contribution in [0.5, 0.6) is 0 Å². The van der Waals surface area contributed by atoms with Gasteiger partial charge < -0.3 is 0 Å². The molecule has 6 heteroatoms. The fourth-order valence-corrected chi connectivity index (χ4v) is 4.83. The molecule has 0 aromatic heterocycles. The number of rotatable bonds is 4. The first-order chi connectivity index (χ1) is 9.86. The van der Waals surface area contributed by atoms with Crippen LogP contribution in [-0.4, -0.2) is 25.8 Å². The standard InChI is InChI=1S/C15H21Cl2NO2S/c1-11-4-3-5-13(8-11)18(2)21(19,20)14-6-7-15(17)12(9-14)10-16/h6-7,9,11,13H,3-5,8,10H2,1-2H3. The Morgan fingerprint density at radius 2 is 2.05 bits per heavy atom. The number of hydrogen-bond acceptors (Lipinski definition) is 2.